The van der Waals surface area contributed by atoms with Crippen molar-refractivity contribution in [1.29, 1.82) is 0 Å². The van der Waals surface area contributed by atoms with Crippen LogP contribution in [0, 0.1) is 0 Å². The van der Waals surface area contributed by atoms with Crippen molar-refractivity contribution in [2.45, 2.75) is 219 Å². The van der Waals surface area contributed by atoms with E-state index in [1.54, 1.807) is 6.08 Å². The van der Waals surface area contributed by atoms with E-state index in [0.29, 0.717) is 6.42 Å². The fraction of sp³-hybridized carbons (Fsp3) is 0.833. The van der Waals surface area contributed by atoms with Gasteiger partial charge >= 0.3 is 0 Å². The van der Waals surface area contributed by atoms with E-state index < -0.39 is 12.1 Å². The van der Waals surface area contributed by atoms with Gasteiger partial charge in [0.25, 0.3) is 0 Å². The molecule has 0 rings (SSSR count). The Morgan fingerprint density at radius 1 is 0.522 bits per heavy atom. The van der Waals surface area contributed by atoms with Crippen LogP contribution in [0.4, 0.5) is 0 Å². The van der Waals surface area contributed by atoms with Gasteiger partial charge in [-0.1, -0.05) is 185 Å². The third-order valence-electron chi connectivity index (χ3n) is 9.12. The monoisotopic (exact) mass is 646 g/mol. The molecule has 4 heteroatoms. The summed E-state index contributed by atoms with van der Waals surface area (Å²) >= 11 is 0. The average Bonchev–Trinajstić information content (AvgIpc) is 3.06. The molecule has 0 heterocycles. The summed E-state index contributed by atoms with van der Waals surface area (Å²) in [5.74, 6) is -0.0680. The molecule has 0 saturated carbocycles. The number of hydrogen-bond donors (Lipinski definition) is 3. The second-order valence-corrected chi connectivity index (χ2v) is 13.7. The summed E-state index contributed by atoms with van der Waals surface area (Å²) in [6.07, 6.45) is 49.6. The predicted octanol–water partition coefficient (Wildman–Crippen LogP) is 12.2. The maximum absolute atomic E-state index is 12.3. The lowest BCUT2D eigenvalue weighted by molar-refractivity contribution is -0.123. The Hall–Kier alpha value is -1.39. The first kappa shape index (κ1) is 44.6. The quantitative estimate of drug-likeness (QED) is 0.0469. The van der Waals surface area contributed by atoms with Gasteiger partial charge in [0.1, 0.15) is 0 Å². The van der Waals surface area contributed by atoms with Gasteiger partial charge in [0.2, 0.25) is 5.91 Å². The topological polar surface area (TPSA) is 69.6 Å². The third-order valence-corrected chi connectivity index (χ3v) is 9.12. The van der Waals surface area contributed by atoms with E-state index in [4.69, 9.17) is 0 Å². The summed E-state index contributed by atoms with van der Waals surface area (Å²) < 4.78 is 0. The Morgan fingerprint density at radius 3 is 1.30 bits per heavy atom. The predicted molar refractivity (Wildman–Crippen MR) is 202 cm³/mol. The molecule has 0 aliphatic rings. The maximum Gasteiger partial charge on any atom is 0.220 e. The molecule has 46 heavy (non-hydrogen) atoms. The highest BCUT2D eigenvalue weighted by atomic mass is 16.3. The van der Waals surface area contributed by atoms with E-state index >= 15 is 0 Å². The minimum Gasteiger partial charge on any atom is -0.394 e. The maximum atomic E-state index is 12.3. The largest absolute Gasteiger partial charge is 0.394 e. The first-order chi connectivity index (χ1) is 22.7. The van der Waals surface area contributed by atoms with Crippen molar-refractivity contribution in [3.05, 3.63) is 36.5 Å². The first-order valence-electron chi connectivity index (χ1n) is 20.2. The van der Waals surface area contributed by atoms with E-state index in [2.05, 4.69) is 43.5 Å². The summed E-state index contributed by atoms with van der Waals surface area (Å²) in [5, 5.41) is 22.8. The third kappa shape index (κ3) is 34.0. The SMILES string of the molecule is CCCCCCC/C=C\C/C=C\CCCCCCCCCCCCCCCC(=O)NC(CO)C(O)/C=C/CCCCCCCCC. The average molecular weight is 646 g/mol. The van der Waals surface area contributed by atoms with Crippen molar-refractivity contribution in [1.82, 2.24) is 5.32 Å². The molecule has 0 aromatic heterocycles. The standard InChI is InChI=1S/C42H79NO3/c1-3-5-7-9-11-13-14-15-16-17-18-19-20-21-22-23-24-25-26-27-28-30-32-34-36-38-42(46)43-40(39-44)41(45)37-35-33-31-29-12-10-8-6-4-2/h14-15,17-18,35,37,40-41,44-45H,3-13,16,19-34,36,38-39H2,1-2H3,(H,43,46)/b15-14-,18-17-,37-35+. The van der Waals surface area contributed by atoms with Crippen molar-refractivity contribution >= 4 is 5.91 Å². The zero-order valence-corrected chi connectivity index (χ0v) is 30.8. The fourth-order valence-corrected chi connectivity index (χ4v) is 5.97. The van der Waals surface area contributed by atoms with Crippen LogP contribution in [0.3, 0.4) is 0 Å². The Bertz CT molecular complexity index is 701. The second-order valence-electron chi connectivity index (χ2n) is 13.7. The highest BCUT2D eigenvalue weighted by Crippen LogP contribution is 2.14. The molecule has 4 nitrogen and oxygen atoms in total. The molecule has 2 unspecified atom stereocenters. The van der Waals surface area contributed by atoms with Gasteiger partial charge in [0.15, 0.2) is 0 Å². The number of nitrogens with one attached hydrogen (secondary N) is 1. The van der Waals surface area contributed by atoms with E-state index in [0.717, 1.165) is 32.1 Å². The molecule has 0 saturated heterocycles. The number of amides is 1. The van der Waals surface area contributed by atoms with Crippen LogP contribution in [0.25, 0.3) is 0 Å². The van der Waals surface area contributed by atoms with Gasteiger partial charge in [-0.2, -0.15) is 0 Å². The van der Waals surface area contributed by atoms with Crippen LogP contribution < -0.4 is 5.32 Å². The smallest absolute Gasteiger partial charge is 0.220 e. The Kier molecular flexibility index (Phi) is 36.9. The lowest BCUT2D eigenvalue weighted by Gasteiger charge is -2.20. The lowest BCUT2D eigenvalue weighted by Crippen LogP contribution is -2.45. The van der Waals surface area contributed by atoms with Gasteiger partial charge in [-0.05, 0) is 51.4 Å². The van der Waals surface area contributed by atoms with Gasteiger partial charge in [-0.15, -0.1) is 0 Å². The highest BCUT2D eigenvalue weighted by Gasteiger charge is 2.17. The molecule has 0 spiro atoms. The lowest BCUT2D eigenvalue weighted by atomic mass is 10.0. The van der Waals surface area contributed by atoms with Crippen LogP contribution >= 0.6 is 0 Å². The Balaban J connectivity index is 3.50. The molecule has 0 bridgehead atoms. The second kappa shape index (κ2) is 38.1. The molecular formula is C42H79NO3. The summed E-state index contributed by atoms with van der Waals surface area (Å²) in [7, 11) is 0. The van der Waals surface area contributed by atoms with Gasteiger partial charge in [-0.3, -0.25) is 4.79 Å². The number of rotatable bonds is 36. The molecule has 0 aromatic rings. The zero-order valence-electron chi connectivity index (χ0n) is 30.8. The van der Waals surface area contributed by atoms with Crippen molar-refractivity contribution in [3.63, 3.8) is 0 Å². The molecule has 270 valence electrons. The van der Waals surface area contributed by atoms with Crippen LogP contribution in [0.15, 0.2) is 36.5 Å². The highest BCUT2D eigenvalue weighted by molar-refractivity contribution is 5.76. The van der Waals surface area contributed by atoms with Gasteiger partial charge in [0.05, 0.1) is 18.8 Å². The minimum absolute atomic E-state index is 0.0680. The van der Waals surface area contributed by atoms with Gasteiger partial charge in [-0.25, -0.2) is 0 Å². The number of unbranched alkanes of at least 4 members (excludes halogenated alkanes) is 25. The van der Waals surface area contributed by atoms with Crippen LogP contribution in [-0.2, 0) is 4.79 Å². The van der Waals surface area contributed by atoms with E-state index in [1.165, 1.54) is 154 Å². The Morgan fingerprint density at radius 2 is 0.891 bits per heavy atom. The zero-order chi connectivity index (χ0) is 33.6. The molecule has 0 fully saturated rings. The number of aliphatic hydroxyl groups is 2. The summed E-state index contributed by atoms with van der Waals surface area (Å²) in [6.45, 7) is 4.26. The van der Waals surface area contributed by atoms with Crippen LogP contribution in [0.5, 0.6) is 0 Å². The molecule has 0 aliphatic carbocycles. The number of aliphatic hydroxyl groups excluding tert-OH is 2. The summed E-state index contributed by atoms with van der Waals surface area (Å²) in [4.78, 5) is 12.3. The van der Waals surface area contributed by atoms with E-state index in [9.17, 15) is 15.0 Å². The van der Waals surface area contributed by atoms with Crippen LogP contribution in [-0.4, -0.2) is 34.9 Å². The van der Waals surface area contributed by atoms with Gasteiger partial charge in [0, 0.05) is 6.42 Å². The minimum atomic E-state index is -0.835. The molecule has 0 radical (unpaired) electrons. The number of allylic oxidation sites excluding steroid dienone is 5. The number of hydrogen-bond acceptors (Lipinski definition) is 3. The van der Waals surface area contributed by atoms with Crippen LogP contribution in [0.2, 0.25) is 0 Å². The van der Waals surface area contributed by atoms with E-state index in [-0.39, 0.29) is 12.5 Å². The van der Waals surface area contributed by atoms with Crippen molar-refractivity contribution < 1.29 is 15.0 Å². The summed E-state index contributed by atoms with van der Waals surface area (Å²) in [6, 6.07) is -0.618. The molecular weight excluding hydrogens is 566 g/mol. The van der Waals surface area contributed by atoms with Crippen molar-refractivity contribution in [2.24, 2.45) is 0 Å². The molecule has 1 amide bonds. The van der Waals surface area contributed by atoms with Crippen molar-refractivity contribution in [3.8, 4) is 0 Å². The molecule has 2 atom stereocenters. The first-order valence-corrected chi connectivity index (χ1v) is 20.2. The van der Waals surface area contributed by atoms with E-state index in [1.807, 2.05) is 6.08 Å². The van der Waals surface area contributed by atoms with Crippen molar-refractivity contribution in [2.75, 3.05) is 6.61 Å². The number of carbonyl (C=O) groups is 1. The molecule has 0 aromatic carbocycles. The Labute approximate surface area is 287 Å². The molecule has 3 N–H and O–H groups in total. The number of carbonyl (C=O) groups excluding carboxylic acids is 1. The molecule has 0 aliphatic heterocycles. The fourth-order valence-electron chi connectivity index (χ4n) is 5.97. The van der Waals surface area contributed by atoms with Gasteiger partial charge < -0.3 is 15.5 Å². The summed E-state index contributed by atoms with van der Waals surface area (Å²) in [5.41, 5.74) is 0. The normalized spacial score (nSPS) is 13.4. The van der Waals surface area contributed by atoms with Crippen LogP contribution in [0.1, 0.15) is 206 Å².